The van der Waals surface area contributed by atoms with Gasteiger partial charge in [0.05, 0.1) is 5.02 Å². The number of ether oxygens (including phenoxy) is 1. The molecule has 2 N–H and O–H groups in total. The molecule has 3 rings (SSSR count). The van der Waals surface area contributed by atoms with Gasteiger partial charge in [0.2, 0.25) is 0 Å². The van der Waals surface area contributed by atoms with Gasteiger partial charge in [0.15, 0.2) is 0 Å². The lowest BCUT2D eigenvalue weighted by molar-refractivity contribution is -0.274. The topological polar surface area (TPSA) is 84.5 Å². The predicted molar refractivity (Wildman–Crippen MR) is 110 cm³/mol. The van der Waals surface area contributed by atoms with Crippen LogP contribution >= 0.6 is 11.6 Å². The van der Waals surface area contributed by atoms with Crippen LogP contribution in [0.25, 0.3) is 0 Å². The van der Waals surface area contributed by atoms with Gasteiger partial charge >= 0.3 is 6.36 Å². The molecule has 0 aliphatic heterocycles. The fraction of sp³-hybridized carbons (Fsp3) is 0.0500. The van der Waals surface area contributed by atoms with E-state index in [4.69, 9.17) is 11.6 Å². The van der Waals surface area contributed by atoms with Crippen LogP contribution in [0.4, 0.5) is 24.5 Å². The zero-order valence-electron chi connectivity index (χ0n) is 15.5. The molecule has 1 amide bonds. The average Bonchev–Trinajstić information content (AvgIpc) is 2.69. The highest BCUT2D eigenvalue weighted by atomic mass is 35.5. The lowest BCUT2D eigenvalue weighted by atomic mass is 10.2. The molecule has 0 unspecified atom stereocenters. The van der Waals surface area contributed by atoms with Crippen molar-refractivity contribution in [2.24, 2.45) is 0 Å². The molecular weight excluding hydrogens is 457 g/mol. The molecular formula is C20H14ClF3N2O4S. The Kier molecular flexibility index (Phi) is 6.42. The minimum Gasteiger partial charge on any atom is -0.406 e. The zero-order valence-corrected chi connectivity index (χ0v) is 17.1. The van der Waals surface area contributed by atoms with Gasteiger partial charge in [0.1, 0.15) is 10.6 Å². The van der Waals surface area contributed by atoms with E-state index in [1.54, 1.807) is 30.3 Å². The standard InChI is InChI=1S/C20H14ClF3N2O4S/c21-17-11-6-13(12-18(17)31(28,29)26-15-4-2-1-3-5-15)19(27)25-14-7-9-16(10-8-14)30-20(22,23)24/h1-12,26H,(H,25,27). The first-order valence-electron chi connectivity index (χ1n) is 8.58. The molecule has 11 heteroatoms. The Morgan fingerprint density at radius 3 is 2.16 bits per heavy atom. The Balaban J connectivity index is 1.78. The quantitative estimate of drug-likeness (QED) is 0.512. The molecule has 0 fully saturated rings. The number of anilines is 2. The summed E-state index contributed by atoms with van der Waals surface area (Å²) in [6.07, 6.45) is -4.83. The van der Waals surface area contributed by atoms with Crippen LogP contribution in [-0.4, -0.2) is 20.7 Å². The maximum absolute atomic E-state index is 12.7. The van der Waals surface area contributed by atoms with Crippen molar-refractivity contribution in [1.82, 2.24) is 0 Å². The number of benzene rings is 3. The molecule has 3 aromatic carbocycles. The molecule has 0 bridgehead atoms. The van der Waals surface area contributed by atoms with Gasteiger partial charge in [-0.15, -0.1) is 13.2 Å². The van der Waals surface area contributed by atoms with Gasteiger partial charge in [-0.3, -0.25) is 9.52 Å². The number of hydrogen-bond donors (Lipinski definition) is 2. The third-order valence-corrected chi connectivity index (χ3v) is 5.72. The van der Waals surface area contributed by atoms with Crippen molar-refractivity contribution in [3.8, 4) is 5.75 Å². The van der Waals surface area contributed by atoms with Gasteiger partial charge < -0.3 is 10.1 Å². The number of para-hydroxylation sites is 1. The largest absolute Gasteiger partial charge is 0.573 e. The second kappa shape index (κ2) is 8.86. The summed E-state index contributed by atoms with van der Waals surface area (Å²) in [4.78, 5) is 12.2. The zero-order chi connectivity index (χ0) is 22.6. The molecule has 0 aliphatic carbocycles. The highest BCUT2D eigenvalue weighted by molar-refractivity contribution is 7.92. The van der Waals surface area contributed by atoms with Gasteiger partial charge in [-0.1, -0.05) is 29.8 Å². The SMILES string of the molecule is O=C(Nc1ccc(OC(F)(F)F)cc1)c1ccc(Cl)c(S(=O)(=O)Nc2ccccc2)c1. The Bertz CT molecular complexity index is 1190. The number of alkyl halides is 3. The highest BCUT2D eigenvalue weighted by Crippen LogP contribution is 2.27. The third-order valence-electron chi connectivity index (χ3n) is 3.85. The van der Waals surface area contributed by atoms with E-state index in [1.807, 2.05) is 0 Å². The fourth-order valence-corrected chi connectivity index (χ4v) is 4.10. The second-order valence-electron chi connectivity index (χ2n) is 6.14. The Morgan fingerprint density at radius 2 is 1.55 bits per heavy atom. The van der Waals surface area contributed by atoms with Gasteiger partial charge in [-0.05, 0) is 54.6 Å². The van der Waals surface area contributed by atoms with E-state index in [0.29, 0.717) is 5.69 Å². The number of amides is 1. The van der Waals surface area contributed by atoms with Crippen molar-refractivity contribution < 1.29 is 31.1 Å². The van der Waals surface area contributed by atoms with Gasteiger partial charge in [0.25, 0.3) is 15.9 Å². The van der Waals surface area contributed by atoms with Crippen molar-refractivity contribution in [2.45, 2.75) is 11.3 Å². The lowest BCUT2D eigenvalue weighted by Crippen LogP contribution is -2.17. The van der Waals surface area contributed by atoms with E-state index >= 15 is 0 Å². The van der Waals surface area contributed by atoms with Crippen LogP contribution in [0.15, 0.2) is 77.7 Å². The summed E-state index contributed by atoms with van der Waals surface area (Å²) in [6, 6.07) is 16.3. The summed E-state index contributed by atoms with van der Waals surface area (Å²) in [5.41, 5.74) is 0.476. The Hall–Kier alpha value is -3.24. The Morgan fingerprint density at radius 1 is 0.903 bits per heavy atom. The van der Waals surface area contributed by atoms with E-state index in [1.165, 1.54) is 24.3 Å². The maximum Gasteiger partial charge on any atom is 0.573 e. The first-order valence-corrected chi connectivity index (χ1v) is 10.4. The molecule has 0 spiro atoms. The number of rotatable bonds is 6. The highest BCUT2D eigenvalue weighted by Gasteiger charge is 2.31. The van der Waals surface area contributed by atoms with Gasteiger partial charge in [-0.2, -0.15) is 0 Å². The lowest BCUT2D eigenvalue weighted by Gasteiger charge is -2.12. The molecule has 3 aromatic rings. The van der Waals surface area contributed by atoms with Crippen LogP contribution in [0.1, 0.15) is 10.4 Å². The number of nitrogens with one attached hydrogen (secondary N) is 2. The van der Waals surface area contributed by atoms with E-state index in [9.17, 15) is 26.4 Å². The minimum absolute atomic E-state index is 0.0199. The van der Waals surface area contributed by atoms with Gasteiger partial charge in [0, 0.05) is 16.9 Å². The van der Waals surface area contributed by atoms with Crippen molar-refractivity contribution >= 4 is 38.9 Å². The number of halogens is 4. The molecule has 6 nitrogen and oxygen atoms in total. The van der Waals surface area contributed by atoms with E-state index in [0.717, 1.165) is 18.2 Å². The van der Waals surface area contributed by atoms with Crippen molar-refractivity contribution in [2.75, 3.05) is 10.0 Å². The molecule has 0 radical (unpaired) electrons. The number of carbonyl (C=O) groups excluding carboxylic acids is 1. The predicted octanol–water partition coefficient (Wildman–Crippen LogP) is 5.29. The van der Waals surface area contributed by atoms with Crippen LogP contribution < -0.4 is 14.8 Å². The second-order valence-corrected chi connectivity index (χ2v) is 8.20. The molecule has 0 atom stereocenters. The van der Waals surface area contributed by atoms with Crippen LogP contribution in [0.3, 0.4) is 0 Å². The van der Waals surface area contributed by atoms with E-state index in [2.05, 4.69) is 14.8 Å². The summed E-state index contributed by atoms with van der Waals surface area (Å²) in [5.74, 6) is -1.13. The molecule has 31 heavy (non-hydrogen) atoms. The van der Waals surface area contributed by atoms with E-state index in [-0.39, 0.29) is 21.2 Å². The van der Waals surface area contributed by atoms with Crippen LogP contribution in [0, 0.1) is 0 Å². The third kappa shape index (κ3) is 6.12. The Labute approximate surface area is 180 Å². The van der Waals surface area contributed by atoms with E-state index < -0.39 is 28.0 Å². The normalized spacial score (nSPS) is 11.6. The summed E-state index contributed by atoms with van der Waals surface area (Å²) >= 11 is 6.03. The molecule has 0 aromatic heterocycles. The van der Waals surface area contributed by atoms with Gasteiger partial charge in [-0.25, -0.2) is 8.42 Å². The number of hydrogen-bond acceptors (Lipinski definition) is 4. The van der Waals surface area contributed by atoms with Crippen LogP contribution in [0.2, 0.25) is 5.02 Å². The first-order chi connectivity index (χ1) is 14.5. The summed E-state index contributed by atoms with van der Waals surface area (Å²) in [5, 5.41) is 2.37. The monoisotopic (exact) mass is 470 g/mol. The summed E-state index contributed by atoms with van der Waals surface area (Å²) in [7, 11) is -4.08. The smallest absolute Gasteiger partial charge is 0.406 e. The van der Waals surface area contributed by atoms with Crippen molar-refractivity contribution in [1.29, 1.82) is 0 Å². The van der Waals surface area contributed by atoms with Crippen LogP contribution in [-0.2, 0) is 10.0 Å². The molecule has 0 saturated heterocycles. The first kappa shape index (κ1) is 22.4. The average molecular weight is 471 g/mol. The minimum atomic E-state index is -4.83. The molecule has 162 valence electrons. The summed E-state index contributed by atoms with van der Waals surface area (Å²) < 4.78 is 68.1. The van der Waals surface area contributed by atoms with Crippen molar-refractivity contribution in [3.05, 3.63) is 83.4 Å². The van der Waals surface area contributed by atoms with Crippen molar-refractivity contribution in [3.63, 3.8) is 0 Å². The molecule has 0 heterocycles. The van der Waals surface area contributed by atoms with Crippen LogP contribution in [0.5, 0.6) is 5.75 Å². The maximum atomic E-state index is 12.7. The fourth-order valence-electron chi connectivity index (χ4n) is 2.51. The number of sulfonamides is 1. The number of carbonyl (C=O) groups is 1. The molecule has 0 saturated carbocycles. The molecule has 0 aliphatic rings. The summed E-state index contributed by atoms with van der Waals surface area (Å²) in [6.45, 7) is 0.